The first-order chi connectivity index (χ1) is 13.9. The van der Waals surface area contributed by atoms with Gasteiger partial charge >= 0.3 is 0 Å². The molecule has 1 saturated heterocycles. The maximum Gasteiger partial charge on any atom is 0.251 e. The van der Waals surface area contributed by atoms with E-state index in [1.54, 1.807) is 35.7 Å². The minimum Gasteiger partial charge on any atom is -0.380 e. The van der Waals surface area contributed by atoms with Crippen LogP contribution in [0.15, 0.2) is 53.4 Å². The molecule has 2 aliphatic rings. The number of methoxy groups -OCH3 is 1. The van der Waals surface area contributed by atoms with Crippen LogP contribution in [0.5, 0.6) is 0 Å². The van der Waals surface area contributed by atoms with Crippen molar-refractivity contribution in [2.45, 2.75) is 30.9 Å². The molecule has 7 heteroatoms. The van der Waals surface area contributed by atoms with Gasteiger partial charge in [0.1, 0.15) is 0 Å². The summed E-state index contributed by atoms with van der Waals surface area (Å²) in [6.45, 7) is 3.43. The lowest BCUT2D eigenvalue weighted by Crippen LogP contribution is -2.52. The second kappa shape index (κ2) is 7.89. The van der Waals surface area contributed by atoms with Crippen LogP contribution in [0.3, 0.4) is 0 Å². The monoisotopic (exact) mass is 414 g/mol. The van der Waals surface area contributed by atoms with Gasteiger partial charge in [-0.1, -0.05) is 29.8 Å². The summed E-state index contributed by atoms with van der Waals surface area (Å²) in [6.07, 6.45) is 0.818. The molecule has 1 heterocycles. The Balaban J connectivity index is 1.38. The zero-order valence-corrected chi connectivity index (χ0v) is 17.5. The normalized spacial score (nSPS) is 24.0. The van der Waals surface area contributed by atoms with Crippen LogP contribution in [0.4, 0.5) is 0 Å². The summed E-state index contributed by atoms with van der Waals surface area (Å²) in [5.41, 5.74) is 2.65. The number of sulfonamides is 1. The van der Waals surface area contributed by atoms with Crippen LogP contribution < -0.4 is 5.32 Å². The van der Waals surface area contributed by atoms with Gasteiger partial charge in [0.15, 0.2) is 0 Å². The Labute approximate surface area is 171 Å². The lowest BCUT2D eigenvalue weighted by atomic mass is 9.71. The first-order valence-electron chi connectivity index (χ1n) is 9.84. The third kappa shape index (κ3) is 3.95. The summed E-state index contributed by atoms with van der Waals surface area (Å²) in [5.74, 6) is 0.369. The summed E-state index contributed by atoms with van der Waals surface area (Å²) in [4.78, 5) is 12.9. The quantitative estimate of drug-likeness (QED) is 0.788. The zero-order valence-electron chi connectivity index (χ0n) is 16.7. The standard InChI is InChI=1S/C22H26N2O4S/c1-15-3-9-19(10-4-15)29(26,27)24-12-18-11-21(20(18)13-24)23-22(25)17-7-5-16(6-8-17)14-28-2/h3-10,18,20-21H,11-14H2,1-2H3,(H,23,25)/t18-,20+,21+/m1/s1. The van der Waals surface area contributed by atoms with Crippen molar-refractivity contribution in [1.29, 1.82) is 0 Å². The molecule has 1 amide bonds. The molecule has 4 rings (SSSR count). The fourth-order valence-electron chi connectivity index (χ4n) is 4.26. The average Bonchev–Trinajstić information content (AvgIpc) is 3.05. The van der Waals surface area contributed by atoms with Crippen molar-refractivity contribution in [3.63, 3.8) is 0 Å². The average molecular weight is 415 g/mol. The Hall–Kier alpha value is -2.22. The summed E-state index contributed by atoms with van der Waals surface area (Å²) in [6, 6.07) is 14.3. The predicted octanol–water partition coefficient (Wildman–Crippen LogP) is 2.58. The summed E-state index contributed by atoms with van der Waals surface area (Å²) in [5, 5.41) is 3.08. The Morgan fingerprint density at radius 2 is 1.79 bits per heavy atom. The molecule has 0 bridgehead atoms. The van der Waals surface area contributed by atoms with Crippen LogP contribution >= 0.6 is 0 Å². The Morgan fingerprint density at radius 1 is 1.10 bits per heavy atom. The van der Waals surface area contributed by atoms with E-state index in [9.17, 15) is 13.2 Å². The molecule has 3 atom stereocenters. The number of fused-ring (bicyclic) bond motifs is 1. The van der Waals surface area contributed by atoms with Crippen LogP contribution in [0.1, 0.15) is 27.9 Å². The van der Waals surface area contributed by atoms with Crippen LogP contribution in [-0.2, 0) is 21.4 Å². The molecule has 1 aliphatic heterocycles. The zero-order chi connectivity index (χ0) is 20.6. The van der Waals surface area contributed by atoms with Gasteiger partial charge in [-0.15, -0.1) is 0 Å². The number of nitrogens with zero attached hydrogens (tertiary/aromatic N) is 1. The third-order valence-electron chi connectivity index (χ3n) is 6.03. The van der Waals surface area contributed by atoms with E-state index in [0.29, 0.717) is 36.1 Å². The van der Waals surface area contributed by atoms with Crippen molar-refractivity contribution in [3.05, 3.63) is 65.2 Å². The molecular formula is C22H26N2O4S. The predicted molar refractivity (Wildman–Crippen MR) is 110 cm³/mol. The molecule has 6 nitrogen and oxygen atoms in total. The van der Waals surface area contributed by atoms with Gasteiger partial charge in [-0.2, -0.15) is 4.31 Å². The molecule has 1 N–H and O–H groups in total. The number of aryl methyl sites for hydroxylation is 1. The van der Waals surface area contributed by atoms with E-state index in [1.165, 1.54) is 0 Å². The highest BCUT2D eigenvalue weighted by molar-refractivity contribution is 7.89. The molecule has 2 fully saturated rings. The number of hydrogen-bond donors (Lipinski definition) is 1. The molecule has 154 valence electrons. The van der Waals surface area contributed by atoms with Crippen LogP contribution in [0, 0.1) is 18.8 Å². The van der Waals surface area contributed by atoms with Crippen molar-refractivity contribution in [2.24, 2.45) is 11.8 Å². The first-order valence-corrected chi connectivity index (χ1v) is 11.3. The summed E-state index contributed by atoms with van der Waals surface area (Å²) >= 11 is 0. The Kier molecular flexibility index (Phi) is 5.46. The van der Waals surface area contributed by atoms with E-state index in [0.717, 1.165) is 17.5 Å². The molecule has 29 heavy (non-hydrogen) atoms. The number of carbonyl (C=O) groups excluding carboxylic acids is 1. The van der Waals surface area contributed by atoms with Crippen molar-refractivity contribution in [1.82, 2.24) is 9.62 Å². The second-order valence-corrected chi connectivity index (χ2v) is 9.94. The van der Waals surface area contributed by atoms with Gasteiger partial charge in [0.2, 0.25) is 10.0 Å². The highest BCUT2D eigenvalue weighted by Gasteiger charge is 2.50. The molecule has 0 spiro atoms. The number of hydrogen-bond acceptors (Lipinski definition) is 4. The highest BCUT2D eigenvalue weighted by Crippen LogP contribution is 2.42. The molecule has 1 saturated carbocycles. The Morgan fingerprint density at radius 3 is 2.45 bits per heavy atom. The molecule has 1 aliphatic carbocycles. The summed E-state index contributed by atoms with van der Waals surface area (Å²) in [7, 11) is -1.85. The number of rotatable bonds is 6. The number of nitrogens with one attached hydrogen (secondary N) is 1. The van der Waals surface area contributed by atoms with Gasteiger partial charge in [0, 0.05) is 31.8 Å². The van der Waals surface area contributed by atoms with Crippen LogP contribution in [0.25, 0.3) is 0 Å². The third-order valence-corrected chi connectivity index (χ3v) is 7.88. The molecule has 2 aromatic rings. The lowest BCUT2D eigenvalue weighted by Gasteiger charge is -2.39. The molecular weight excluding hydrogens is 388 g/mol. The summed E-state index contributed by atoms with van der Waals surface area (Å²) < 4.78 is 32.5. The molecule has 2 aromatic carbocycles. The van der Waals surface area contributed by atoms with E-state index in [-0.39, 0.29) is 17.9 Å². The number of ether oxygens (including phenoxy) is 1. The minimum atomic E-state index is -3.49. The van der Waals surface area contributed by atoms with Gasteiger partial charge in [-0.3, -0.25) is 4.79 Å². The van der Waals surface area contributed by atoms with Crippen molar-refractivity contribution >= 4 is 15.9 Å². The van der Waals surface area contributed by atoms with Gasteiger partial charge in [0.05, 0.1) is 11.5 Å². The maximum atomic E-state index is 12.9. The lowest BCUT2D eigenvalue weighted by molar-refractivity contribution is 0.0832. The SMILES string of the molecule is COCc1ccc(C(=O)N[C@H]2C[C@@H]3CN(S(=O)(=O)c4ccc(C)cc4)C[C@@H]32)cc1. The van der Waals surface area contributed by atoms with E-state index < -0.39 is 10.0 Å². The minimum absolute atomic E-state index is 0.0179. The number of amides is 1. The van der Waals surface area contributed by atoms with Crippen LogP contribution in [-0.4, -0.2) is 44.9 Å². The number of carbonyl (C=O) groups is 1. The van der Waals surface area contributed by atoms with Gasteiger partial charge in [-0.25, -0.2) is 8.42 Å². The fourth-order valence-corrected chi connectivity index (χ4v) is 5.79. The van der Waals surface area contributed by atoms with Gasteiger partial charge in [-0.05, 0) is 55.0 Å². The molecule has 0 radical (unpaired) electrons. The Bertz CT molecular complexity index is 986. The van der Waals surface area contributed by atoms with Crippen molar-refractivity contribution in [2.75, 3.05) is 20.2 Å². The highest BCUT2D eigenvalue weighted by atomic mass is 32.2. The van der Waals surface area contributed by atoms with Crippen molar-refractivity contribution in [3.8, 4) is 0 Å². The molecule has 0 unspecified atom stereocenters. The maximum absolute atomic E-state index is 12.9. The van der Waals surface area contributed by atoms with E-state index in [4.69, 9.17) is 4.74 Å². The van der Waals surface area contributed by atoms with E-state index in [1.807, 2.05) is 31.2 Å². The van der Waals surface area contributed by atoms with E-state index in [2.05, 4.69) is 5.32 Å². The van der Waals surface area contributed by atoms with Crippen LogP contribution in [0.2, 0.25) is 0 Å². The topological polar surface area (TPSA) is 75.7 Å². The molecule has 0 aromatic heterocycles. The van der Waals surface area contributed by atoms with Crippen molar-refractivity contribution < 1.29 is 17.9 Å². The largest absolute Gasteiger partial charge is 0.380 e. The van der Waals surface area contributed by atoms with Gasteiger partial charge in [0.25, 0.3) is 5.91 Å². The number of benzene rings is 2. The first kappa shape index (κ1) is 20.1. The fraction of sp³-hybridized carbons (Fsp3) is 0.409. The van der Waals surface area contributed by atoms with E-state index >= 15 is 0 Å². The smallest absolute Gasteiger partial charge is 0.251 e. The second-order valence-electron chi connectivity index (χ2n) is 8.00. The van der Waals surface area contributed by atoms with Gasteiger partial charge < -0.3 is 10.1 Å².